The number of benzene rings is 1. The van der Waals surface area contributed by atoms with Crippen LogP contribution in [0, 0.1) is 5.92 Å². The Kier molecular flexibility index (Phi) is 7.30. The Morgan fingerprint density at radius 3 is 2.52 bits per heavy atom. The van der Waals surface area contributed by atoms with Crippen LogP contribution < -0.4 is 10.1 Å². The van der Waals surface area contributed by atoms with E-state index in [0.717, 1.165) is 5.76 Å². The number of likely N-dealkylation sites (N-methyl/N-ethyl adjacent to an activating group) is 1. The van der Waals surface area contributed by atoms with Crippen molar-refractivity contribution in [2.24, 2.45) is 5.92 Å². The number of hydrogen-bond acceptors (Lipinski definition) is 5. The fourth-order valence-electron chi connectivity index (χ4n) is 3.50. The van der Waals surface area contributed by atoms with Crippen LogP contribution in [0.2, 0.25) is 0 Å². The highest BCUT2D eigenvalue weighted by Crippen LogP contribution is 2.20. The van der Waals surface area contributed by atoms with Gasteiger partial charge in [0.25, 0.3) is 5.91 Å². The molecule has 0 saturated carbocycles. The van der Waals surface area contributed by atoms with Gasteiger partial charge in [-0.2, -0.15) is 0 Å². The molecule has 0 bridgehead atoms. The number of piperidine rings is 1. The van der Waals surface area contributed by atoms with E-state index in [1.54, 1.807) is 11.2 Å². The van der Waals surface area contributed by atoms with Gasteiger partial charge in [0, 0.05) is 25.6 Å². The zero-order valence-corrected chi connectivity index (χ0v) is 17.0. The van der Waals surface area contributed by atoms with E-state index < -0.39 is 0 Å². The molecule has 29 heavy (non-hydrogen) atoms. The number of ether oxygens (including phenoxy) is 1. The van der Waals surface area contributed by atoms with Gasteiger partial charge in [0.05, 0.1) is 12.3 Å². The molecule has 2 heterocycles. The second-order valence-corrected chi connectivity index (χ2v) is 7.50. The average molecular weight is 399 g/mol. The molecular weight excluding hydrogens is 370 g/mol. The van der Waals surface area contributed by atoms with Crippen molar-refractivity contribution in [1.82, 2.24) is 15.1 Å². The number of carbonyl (C=O) groups is 2. The van der Waals surface area contributed by atoms with Crippen molar-refractivity contribution in [2.75, 3.05) is 40.3 Å². The Hall–Kier alpha value is -2.80. The lowest BCUT2D eigenvalue weighted by Gasteiger charge is -2.32. The molecule has 1 N–H and O–H groups in total. The van der Waals surface area contributed by atoms with E-state index >= 15 is 0 Å². The van der Waals surface area contributed by atoms with Gasteiger partial charge in [-0.05, 0) is 51.2 Å². The number of para-hydroxylation sites is 1. The summed E-state index contributed by atoms with van der Waals surface area (Å²) in [6.45, 7) is 1.66. The zero-order valence-electron chi connectivity index (χ0n) is 17.0. The first kappa shape index (κ1) is 20.9. The lowest BCUT2D eigenvalue weighted by molar-refractivity contribution is -0.137. The maximum atomic E-state index is 12.6. The number of furan rings is 1. The standard InChI is InChI=1S/C22H29N3O4/c1-24(2)19(20-9-6-14-28-20)15-23-22(27)17-10-12-25(13-11-17)21(26)16-29-18-7-4-3-5-8-18/h3-9,14,17,19H,10-13,15-16H2,1-2H3,(H,23,27). The predicted molar refractivity (Wildman–Crippen MR) is 109 cm³/mol. The smallest absolute Gasteiger partial charge is 0.260 e. The van der Waals surface area contributed by atoms with Crippen molar-refractivity contribution < 1.29 is 18.7 Å². The minimum atomic E-state index is -0.0755. The molecule has 0 radical (unpaired) electrons. The van der Waals surface area contributed by atoms with Crippen LogP contribution >= 0.6 is 0 Å². The van der Waals surface area contributed by atoms with Gasteiger partial charge < -0.3 is 19.4 Å². The molecule has 2 aromatic rings. The Labute approximate surface area is 171 Å². The maximum absolute atomic E-state index is 12.6. The maximum Gasteiger partial charge on any atom is 0.260 e. The second-order valence-electron chi connectivity index (χ2n) is 7.50. The molecule has 1 aromatic heterocycles. The Morgan fingerprint density at radius 2 is 1.90 bits per heavy atom. The molecule has 1 aromatic carbocycles. The first-order valence-electron chi connectivity index (χ1n) is 9.97. The van der Waals surface area contributed by atoms with Crippen LogP contribution in [0.25, 0.3) is 0 Å². The largest absolute Gasteiger partial charge is 0.484 e. The third-order valence-electron chi connectivity index (χ3n) is 5.29. The molecule has 1 unspecified atom stereocenters. The van der Waals surface area contributed by atoms with Crippen molar-refractivity contribution in [2.45, 2.75) is 18.9 Å². The van der Waals surface area contributed by atoms with Gasteiger partial charge in [0.2, 0.25) is 5.91 Å². The molecule has 1 saturated heterocycles. The van der Waals surface area contributed by atoms with Crippen LogP contribution in [-0.4, -0.2) is 62.0 Å². The molecule has 3 rings (SSSR count). The van der Waals surface area contributed by atoms with Crippen molar-refractivity contribution in [3.05, 3.63) is 54.5 Å². The van der Waals surface area contributed by atoms with Gasteiger partial charge >= 0.3 is 0 Å². The number of likely N-dealkylation sites (tertiary alicyclic amines) is 1. The van der Waals surface area contributed by atoms with Gasteiger partial charge in [0.15, 0.2) is 6.61 Å². The fraction of sp³-hybridized carbons (Fsp3) is 0.455. The highest BCUT2D eigenvalue weighted by molar-refractivity contribution is 5.80. The van der Waals surface area contributed by atoms with E-state index in [4.69, 9.17) is 9.15 Å². The average Bonchev–Trinajstić information content (AvgIpc) is 3.27. The zero-order chi connectivity index (χ0) is 20.6. The molecule has 1 fully saturated rings. The predicted octanol–water partition coefficient (Wildman–Crippen LogP) is 2.32. The van der Waals surface area contributed by atoms with E-state index in [1.807, 2.05) is 61.5 Å². The third kappa shape index (κ3) is 5.84. The highest BCUT2D eigenvalue weighted by Gasteiger charge is 2.28. The molecule has 7 heteroatoms. The van der Waals surface area contributed by atoms with Gasteiger partial charge in [-0.3, -0.25) is 14.5 Å². The summed E-state index contributed by atoms with van der Waals surface area (Å²) in [4.78, 5) is 28.7. The van der Waals surface area contributed by atoms with Crippen LogP contribution in [0.5, 0.6) is 5.75 Å². The molecule has 0 spiro atoms. The summed E-state index contributed by atoms with van der Waals surface area (Å²) in [7, 11) is 3.92. The van der Waals surface area contributed by atoms with Crippen LogP contribution in [0.1, 0.15) is 24.6 Å². The summed E-state index contributed by atoms with van der Waals surface area (Å²) in [5.74, 6) is 1.43. The van der Waals surface area contributed by atoms with E-state index in [-0.39, 0.29) is 30.4 Å². The molecular formula is C22H29N3O4. The number of nitrogens with one attached hydrogen (secondary N) is 1. The summed E-state index contributed by atoms with van der Waals surface area (Å²) in [5.41, 5.74) is 0. The van der Waals surface area contributed by atoms with Gasteiger partial charge in [-0.25, -0.2) is 0 Å². The number of nitrogens with zero attached hydrogens (tertiary/aromatic N) is 2. The van der Waals surface area contributed by atoms with Gasteiger partial charge in [-0.15, -0.1) is 0 Å². The van der Waals surface area contributed by atoms with Gasteiger partial charge in [0.1, 0.15) is 11.5 Å². The number of rotatable bonds is 8. The molecule has 1 atom stereocenters. The SMILES string of the molecule is CN(C)C(CNC(=O)C1CCN(C(=O)COc2ccccc2)CC1)c1ccco1. The van der Waals surface area contributed by atoms with E-state index in [2.05, 4.69) is 5.32 Å². The first-order chi connectivity index (χ1) is 14.0. The summed E-state index contributed by atoms with van der Waals surface area (Å²) in [6.07, 6.45) is 2.97. The minimum absolute atomic E-state index is 0.00856. The quantitative estimate of drug-likeness (QED) is 0.737. The number of carbonyl (C=O) groups excluding carboxylic acids is 2. The van der Waals surface area contributed by atoms with E-state index in [0.29, 0.717) is 38.2 Å². The fourth-order valence-corrected chi connectivity index (χ4v) is 3.50. The molecule has 0 aliphatic carbocycles. The van der Waals surface area contributed by atoms with Crippen LogP contribution in [0.4, 0.5) is 0 Å². The van der Waals surface area contributed by atoms with Crippen LogP contribution in [0.3, 0.4) is 0 Å². The number of hydrogen-bond donors (Lipinski definition) is 1. The summed E-state index contributed by atoms with van der Waals surface area (Å²) >= 11 is 0. The lowest BCUT2D eigenvalue weighted by Crippen LogP contribution is -2.45. The van der Waals surface area contributed by atoms with Crippen molar-refractivity contribution >= 4 is 11.8 Å². The minimum Gasteiger partial charge on any atom is -0.484 e. The monoisotopic (exact) mass is 399 g/mol. The molecule has 156 valence electrons. The van der Waals surface area contributed by atoms with Crippen molar-refractivity contribution in [3.63, 3.8) is 0 Å². The Morgan fingerprint density at radius 1 is 1.17 bits per heavy atom. The van der Waals surface area contributed by atoms with Gasteiger partial charge in [-0.1, -0.05) is 18.2 Å². The molecule has 7 nitrogen and oxygen atoms in total. The first-order valence-corrected chi connectivity index (χ1v) is 9.97. The van der Waals surface area contributed by atoms with E-state index in [1.165, 1.54) is 0 Å². The van der Waals surface area contributed by atoms with Crippen LogP contribution in [-0.2, 0) is 9.59 Å². The van der Waals surface area contributed by atoms with Crippen LogP contribution in [0.15, 0.2) is 53.1 Å². The third-order valence-corrected chi connectivity index (χ3v) is 5.29. The van der Waals surface area contributed by atoms with Crippen molar-refractivity contribution in [3.8, 4) is 5.75 Å². The summed E-state index contributed by atoms with van der Waals surface area (Å²) in [5, 5.41) is 3.04. The summed E-state index contributed by atoms with van der Waals surface area (Å²) < 4.78 is 11.0. The number of amides is 2. The Bertz CT molecular complexity index is 769. The summed E-state index contributed by atoms with van der Waals surface area (Å²) in [6, 6.07) is 13.1. The highest BCUT2D eigenvalue weighted by atomic mass is 16.5. The topological polar surface area (TPSA) is 75.0 Å². The van der Waals surface area contributed by atoms with E-state index in [9.17, 15) is 9.59 Å². The molecule has 2 amide bonds. The lowest BCUT2D eigenvalue weighted by atomic mass is 9.95. The molecule has 1 aliphatic rings. The Balaban J connectivity index is 1.41. The molecule has 1 aliphatic heterocycles. The normalized spacial score (nSPS) is 15.9. The second kappa shape index (κ2) is 10.1. The van der Waals surface area contributed by atoms with Crippen molar-refractivity contribution in [1.29, 1.82) is 0 Å².